The van der Waals surface area contributed by atoms with Gasteiger partial charge in [-0.3, -0.25) is 4.79 Å². The molecule has 2 heterocycles. The first-order valence-electron chi connectivity index (χ1n) is 4.75. The zero-order valence-corrected chi connectivity index (χ0v) is 8.50. The molecule has 0 saturated heterocycles. The van der Waals surface area contributed by atoms with Crippen LogP contribution in [-0.2, 0) is 4.79 Å². The normalized spacial score (nSPS) is 10.1. The Morgan fingerprint density at radius 3 is 3.06 bits per heavy atom. The van der Waals surface area contributed by atoms with Crippen LogP contribution in [0.1, 0.15) is 0 Å². The number of hydrogen-bond acceptors (Lipinski definition) is 4. The Hall–Kier alpha value is -2.21. The predicted molar refractivity (Wildman–Crippen MR) is 59.0 cm³/mol. The molecule has 0 aromatic carbocycles. The molecule has 0 unspecified atom stereocenters. The van der Waals surface area contributed by atoms with E-state index in [4.69, 9.17) is 5.73 Å². The minimum absolute atomic E-state index is 0.0469. The average molecular weight is 217 g/mol. The molecule has 16 heavy (non-hydrogen) atoms. The van der Waals surface area contributed by atoms with Gasteiger partial charge in [0.25, 0.3) is 0 Å². The molecule has 0 aliphatic rings. The van der Waals surface area contributed by atoms with Gasteiger partial charge < -0.3 is 11.1 Å². The lowest BCUT2D eigenvalue weighted by atomic mass is 10.4. The third-order valence-corrected chi connectivity index (χ3v) is 1.94. The van der Waals surface area contributed by atoms with E-state index in [-0.39, 0.29) is 12.5 Å². The lowest BCUT2D eigenvalue weighted by molar-refractivity contribution is -0.114. The van der Waals surface area contributed by atoms with Crippen molar-refractivity contribution in [3.63, 3.8) is 0 Å². The third kappa shape index (κ3) is 2.23. The van der Waals surface area contributed by atoms with Gasteiger partial charge in [-0.2, -0.15) is 5.10 Å². The second kappa shape index (κ2) is 4.54. The van der Waals surface area contributed by atoms with Gasteiger partial charge in [0, 0.05) is 6.20 Å². The topological polar surface area (TPSA) is 85.8 Å². The molecule has 0 bridgehead atoms. The molecule has 2 aromatic rings. The van der Waals surface area contributed by atoms with Crippen LogP contribution in [0.25, 0.3) is 5.82 Å². The Bertz CT molecular complexity index is 479. The Kier molecular flexibility index (Phi) is 2.93. The molecule has 2 rings (SSSR count). The summed E-state index contributed by atoms with van der Waals surface area (Å²) in [6.45, 7) is -0.0469. The number of carbonyl (C=O) groups is 1. The molecule has 0 aliphatic heterocycles. The number of nitrogens with zero attached hydrogens (tertiary/aromatic N) is 3. The lowest BCUT2D eigenvalue weighted by Crippen LogP contribution is -2.21. The Labute approximate surface area is 92.1 Å². The predicted octanol–water partition coefficient (Wildman–Crippen LogP) is 0.164. The summed E-state index contributed by atoms with van der Waals surface area (Å²) in [7, 11) is 0. The highest BCUT2D eigenvalue weighted by molar-refractivity contribution is 5.91. The molecule has 0 fully saturated rings. The second-order valence-corrected chi connectivity index (χ2v) is 3.11. The van der Waals surface area contributed by atoms with E-state index < -0.39 is 0 Å². The summed E-state index contributed by atoms with van der Waals surface area (Å²) >= 11 is 0. The second-order valence-electron chi connectivity index (χ2n) is 3.11. The van der Waals surface area contributed by atoms with Crippen molar-refractivity contribution in [3.05, 3.63) is 36.8 Å². The highest BCUT2D eigenvalue weighted by atomic mass is 16.1. The molecule has 1 amide bonds. The molecule has 6 nitrogen and oxygen atoms in total. The van der Waals surface area contributed by atoms with Gasteiger partial charge in [-0.15, -0.1) is 0 Å². The van der Waals surface area contributed by atoms with Gasteiger partial charge in [-0.1, -0.05) is 6.07 Å². The van der Waals surface area contributed by atoms with Gasteiger partial charge in [0.2, 0.25) is 5.91 Å². The molecular weight excluding hydrogens is 206 g/mol. The number of hydrogen-bond donors (Lipinski definition) is 2. The van der Waals surface area contributed by atoms with Crippen LogP contribution in [0, 0.1) is 0 Å². The van der Waals surface area contributed by atoms with Gasteiger partial charge in [-0.05, 0) is 12.1 Å². The Balaban J connectivity index is 2.17. The Morgan fingerprint density at radius 1 is 1.50 bits per heavy atom. The number of anilines is 1. The van der Waals surface area contributed by atoms with Crippen LogP contribution in [0.5, 0.6) is 0 Å². The summed E-state index contributed by atoms with van der Waals surface area (Å²) in [4.78, 5) is 15.2. The lowest BCUT2D eigenvalue weighted by Gasteiger charge is -1.99. The first-order valence-corrected chi connectivity index (χ1v) is 4.75. The molecule has 82 valence electrons. The highest BCUT2D eigenvalue weighted by Gasteiger charge is 2.03. The van der Waals surface area contributed by atoms with Crippen LogP contribution in [0.4, 0.5) is 5.69 Å². The highest BCUT2D eigenvalue weighted by Crippen LogP contribution is 2.08. The van der Waals surface area contributed by atoms with E-state index in [1.54, 1.807) is 23.3 Å². The molecule has 0 saturated carbocycles. The summed E-state index contributed by atoms with van der Waals surface area (Å²) in [6, 6.07) is 5.51. The molecule has 3 N–H and O–H groups in total. The SMILES string of the molecule is NCC(=O)Nc1cnn(-c2ccccn2)c1. The van der Waals surface area contributed by atoms with Crippen molar-refractivity contribution in [2.24, 2.45) is 5.73 Å². The van der Waals surface area contributed by atoms with Crippen molar-refractivity contribution in [2.45, 2.75) is 0 Å². The van der Waals surface area contributed by atoms with Crippen molar-refractivity contribution in [2.75, 3.05) is 11.9 Å². The van der Waals surface area contributed by atoms with Crippen LogP contribution < -0.4 is 11.1 Å². The van der Waals surface area contributed by atoms with E-state index in [1.807, 2.05) is 18.2 Å². The zero-order chi connectivity index (χ0) is 11.4. The maximum Gasteiger partial charge on any atom is 0.238 e. The van der Waals surface area contributed by atoms with E-state index in [0.29, 0.717) is 11.5 Å². The molecule has 0 atom stereocenters. The summed E-state index contributed by atoms with van der Waals surface area (Å²) in [6.07, 6.45) is 4.90. The van der Waals surface area contributed by atoms with Gasteiger partial charge in [0.15, 0.2) is 5.82 Å². The van der Waals surface area contributed by atoms with Crippen molar-refractivity contribution in [1.82, 2.24) is 14.8 Å². The fraction of sp³-hybridized carbons (Fsp3) is 0.100. The molecule has 2 aromatic heterocycles. The number of carbonyl (C=O) groups excluding carboxylic acids is 1. The maximum absolute atomic E-state index is 11.0. The summed E-state index contributed by atoms with van der Waals surface area (Å²) < 4.78 is 1.58. The van der Waals surface area contributed by atoms with Crippen molar-refractivity contribution >= 4 is 11.6 Å². The zero-order valence-electron chi connectivity index (χ0n) is 8.50. The quantitative estimate of drug-likeness (QED) is 0.767. The van der Waals surface area contributed by atoms with Gasteiger partial charge in [-0.25, -0.2) is 9.67 Å². The molecule has 0 radical (unpaired) electrons. The van der Waals surface area contributed by atoms with Gasteiger partial charge in [0.05, 0.1) is 24.6 Å². The standard InChI is InChI=1S/C10H11N5O/c11-5-10(16)14-8-6-13-15(7-8)9-3-1-2-4-12-9/h1-4,6-7H,5,11H2,(H,14,16). The Morgan fingerprint density at radius 2 is 2.38 bits per heavy atom. The third-order valence-electron chi connectivity index (χ3n) is 1.94. The van der Waals surface area contributed by atoms with Crippen LogP contribution in [0.3, 0.4) is 0 Å². The van der Waals surface area contributed by atoms with E-state index in [0.717, 1.165) is 0 Å². The van der Waals surface area contributed by atoms with Crippen LogP contribution in [0.2, 0.25) is 0 Å². The van der Waals surface area contributed by atoms with Crippen LogP contribution in [0.15, 0.2) is 36.8 Å². The van der Waals surface area contributed by atoms with Crippen LogP contribution >= 0.6 is 0 Å². The van der Waals surface area contributed by atoms with Gasteiger partial charge in [0.1, 0.15) is 0 Å². The minimum Gasteiger partial charge on any atom is -0.322 e. The van der Waals surface area contributed by atoms with Crippen LogP contribution in [-0.4, -0.2) is 27.2 Å². The van der Waals surface area contributed by atoms with Crippen molar-refractivity contribution in [3.8, 4) is 5.82 Å². The summed E-state index contributed by atoms with van der Waals surface area (Å²) in [5, 5.41) is 6.68. The molecular formula is C10H11N5O. The van der Waals surface area contributed by atoms with Gasteiger partial charge >= 0.3 is 0 Å². The molecule has 0 aliphatic carbocycles. The summed E-state index contributed by atoms with van der Waals surface area (Å²) in [5.41, 5.74) is 5.78. The molecule has 0 spiro atoms. The average Bonchev–Trinajstić information content (AvgIpc) is 2.78. The first-order chi connectivity index (χ1) is 7.79. The fourth-order valence-corrected chi connectivity index (χ4v) is 1.21. The number of aromatic nitrogens is 3. The fourth-order valence-electron chi connectivity index (χ4n) is 1.21. The van der Waals surface area contributed by atoms with E-state index in [1.165, 1.54) is 0 Å². The van der Waals surface area contributed by atoms with Crippen molar-refractivity contribution in [1.29, 1.82) is 0 Å². The minimum atomic E-state index is -0.249. The maximum atomic E-state index is 11.0. The number of nitrogens with two attached hydrogens (primary N) is 1. The number of pyridine rings is 1. The first kappa shape index (κ1) is 10.3. The number of amides is 1. The number of rotatable bonds is 3. The van der Waals surface area contributed by atoms with E-state index in [9.17, 15) is 4.79 Å². The summed E-state index contributed by atoms with van der Waals surface area (Å²) in [5.74, 6) is 0.441. The van der Waals surface area contributed by atoms with E-state index >= 15 is 0 Å². The molecule has 6 heteroatoms. The monoisotopic (exact) mass is 217 g/mol. The largest absolute Gasteiger partial charge is 0.322 e. The smallest absolute Gasteiger partial charge is 0.238 e. The number of nitrogens with one attached hydrogen (secondary N) is 1. The van der Waals surface area contributed by atoms with E-state index in [2.05, 4.69) is 15.4 Å². The van der Waals surface area contributed by atoms with Crippen molar-refractivity contribution < 1.29 is 4.79 Å².